The molecule has 1 aliphatic carbocycles. The van der Waals surface area contributed by atoms with Crippen molar-refractivity contribution in [2.75, 3.05) is 31.2 Å². The molecule has 1 aliphatic heterocycles. The second kappa shape index (κ2) is 6.06. The molecule has 2 heterocycles. The Morgan fingerprint density at radius 2 is 2.00 bits per heavy atom. The van der Waals surface area contributed by atoms with Gasteiger partial charge in [0.1, 0.15) is 5.00 Å². The van der Waals surface area contributed by atoms with E-state index >= 15 is 0 Å². The minimum atomic E-state index is -4.97. The van der Waals surface area contributed by atoms with E-state index in [0.29, 0.717) is 41.2 Å². The number of halogens is 4. The number of anilines is 1. The third-order valence-electron chi connectivity index (χ3n) is 3.76. The lowest BCUT2D eigenvalue weighted by atomic mass is 10.2. The van der Waals surface area contributed by atoms with Crippen LogP contribution in [0.25, 0.3) is 0 Å². The average Bonchev–Trinajstić information content (AvgIpc) is 2.99. The van der Waals surface area contributed by atoms with Crippen LogP contribution in [0.2, 0.25) is 0 Å². The topological polar surface area (TPSA) is 58.6 Å². The molecule has 1 amide bonds. The zero-order valence-corrected chi connectivity index (χ0v) is 14.1. The van der Waals surface area contributed by atoms with Gasteiger partial charge in [-0.15, -0.1) is 11.3 Å². The number of morpholine rings is 1. The lowest BCUT2D eigenvalue weighted by Crippen LogP contribution is -2.38. The summed E-state index contributed by atoms with van der Waals surface area (Å²) < 4.78 is 43.2. The number of alkyl halides is 3. The van der Waals surface area contributed by atoms with E-state index in [-0.39, 0.29) is 12.2 Å². The number of hydrogen-bond acceptors (Lipinski definition) is 5. The molecule has 1 aromatic heterocycles. The number of carbonyl (C=O) groups is 2. The summed E-state index contributed by atoms with van der Waals surface area (Å²) in [4.78, 5) is 25.4. The first-order valence-electron chi connectivity index (χ1n) is 6.84. The Hall–Kier alpha value is -1.13. The predicted octanol–water partition coefficient (Wildman–Crippen LogP) is 2.65. The van der Waals surface area contributed by atoms with Crippen LogP contribution < -0.4 is 10.2 Å². The Morgan fingerprint density at radius 3 is 2.61 bits per heavy atom. The summed E-state index contributed by atoms with van der Waals surface area (Å²) in [6.07, 6.45) is -5.13. The van der Waals surface area contributed by atoms with Gasteiger partial charge in [0.05, 0.1) is 28.6 Å². The van der Waals surface area contributed by atoms with Gasteiger partial charge in [-0.1, -0.05) is 0 Å². The Balaban J connectivity index is 1.90. The molecule has 3 rings (SSSR count). The van der Waals surface area contributed by atoms with E-state index in [1.54, 1.807) is 0 Å². The Bertz CT molecular complexity index is 656. The molecule has 1 atom stereocenters. The molecular weight excluding hydrogens is 401 g/mol. The van der Waals surface area contributed by atoms with Crippen molar-refractivity contribution in [2.45, 2.75) is 18.6 Å². The van der Waals surface area contributed by atoms with Crippen molar-refractivity contribution >= 4 is 44.0 Å². The lowest BCUT2D eigenvalue weighted by molar-refractivity contribution is -0.174. The van der Waals surface area contributed by atoms with Crippen LogP contribution in [0.4, 0.5) is 18.2 Å². The highest BCUT2D eigenvalue weighted by atomic mass is 79.9. The maximum absolute atomic E-state index is 12.4. The van der Waals surface area contributed by atoms with Gasteiger partial charge in [-0.2, -0.15) is 13.2 Å². The SMILES string of the molecule is O=C1CC(NC(=O)C(F)(F)F)c2c(Br)sc(N3CCOCC3)c21. The number of hydrogen-bond donors (Lipinski definition) is 1. The number of nitrogens with zero attached hydrogens (tertiary/aromatic N) is 1. The fourth-order valence-corrected chi connectivity index (χ4v) is 4.82. The smallest absolute Gasteiger partial charge is 0.378 e. The molecule has 1 N–H and O–H groups in total. The average molecular weight is 413 g/mol. The number of nitrogens with one attached hydrogen (secondary N) is 1. The van der Waals surface area contributed by atoms with Crippen molar-refractivity contribution in [3.63, 3.8) is 0 Å². The monoisotopic (exact) mass is 412 g/mol. The van der Waals surface area contributed by atoms with Crippen LogP contribution >= 0.6 is 27.3 Å². The first kappa shape index (κ1) is 16.7. The summed E-state index contributed by atoms with van der Waals surface area (Å²) in [6.45, 7) is 2.30. The molecular formula is C13H12BrF3N2O3S. The van der Waals surface area contributed by atoms with Gasteiger partial charge in [-0.05, 0) is 15.9 Å². The van der Waals surface area contributed by atoms with Crippen molar-refractivity contribution in [3.05, 3.63) is 14.9 Å². The molecule has 1 unspecified atom stereocenters. The van der Waals surface area contributed by atoms with E-state index < -0.39 is 18.1 Å². The van der Waals surface area contributed by atoms with Gasteiger partial charge >= 0.3 is 12.1 Å². The molecule has 126 valence electrons. The number of carbonyl (C=O) groups excluding carboxylic acids is 2. The van der Waals surface area contributed by atoms with Gasteiger partial charge < -0.3 is 15.0 Å². The van der Waals surface area contributed by atoms with Crippen molar-refractivity contribution in [1.29, 1.82) is 0 Å². The summed E-state index contributed by atoms with van der Waals surface area (Å²) in [5.74, 6) is -2.29. The normalized spacial score (nSPS) is 21.5. The number of fused-ring (bicyclic) bond motifs is 1. The maximum atomic E-state index is 12.4. The number of thiophene rings is 1. The van der Waals surface area contributed by atoms with Gasteiger partial charge in [0.25, 0.3) is 0 Å². The van der Waals surface area contributed by atoms with E-state index in [1.807, 2.05) is 10.2 Å². The molecule has 0 bridgehead atoms. The minimum Gasteiger partial charge on any atom is -0.378 e. The summed E-state index contributed by atoms with van der Waals surface area (Å²) in [5.41, 5.74) is 0.857. The largest absolute Gasteiger partial charge is 0.471 e. The van der Waals surface area contributed by atoms with Crippen LogP contribution in [0.1, 0.15) is 28.4 Å². The number of rotatable bonds is 2. The third-order valence-corrected chi connectivity index (χ3v) is 5.73. The zero-order chi connectivity index (χ0) is 16.8. The van der Waals surface area contributed by atoms with Crippen LogP contribution in [-0.4, -0.2) is 44.2 Å². The quantitative estimate of drug-likeness (QED) is 0.810. The molecule has 1 fully saturated rings. The first-order valence-corrected chi connectivity index (χ1v) is 8.45. The number of amides is 1. The third kappa shape index (κ3) is 3.11. The molecule has 5 nitrogen and oxygen atoms in total. The molecule has 1 saturated heterocycles. The summed E-state index contributed by atoms with van der Waals surface area (Å²) in [5, 5.41) is 2.64. The second-order valence-corrected chi connectivity index (χ2v) is 7.54. The predicted molar refractivity (Wildman–Crippen MR) is 80.9 cm³/mol. The van der Waals surface area contributed by atoms with Gasteiger partial charge in [0.2, 0.25) is 0 Å². The second-order valence-electron chi connectivity index (χ2n) is 5.22. The van der Waals surface area contributed by atoms with Gasteiger partial charge in [-0.25, -0.2) is 0 Å². The first-order chi connectivity index (χ1) is 10.8. The lowest BCUT2D eigenvalue weighted by Gasteiger charge is -2.28. The van der Waals surface area contributed by atoms with E-state index in [4.69, 9.17) is 4.74 Å². The van der Waals surface area contributed by atoms with Crippen LogP contribution in [0.15, 0.2) is 3.79 Å². The molecule has 0 aromatic carbocycles. The fraction of sp³-hybridized carbons (Fsp3) is 0.538. The molecule has 0 spiro atoms. The standard InChI is InChI=1S/C13H12BrF3N2O3S/c14-10-8-6(18-12(21)13(15,16)17)5-7(20)9(8)11(23-10)19-1-3-22-4-2-19/h6H,1-5H2,(H,18,21). The Kier molecular flexibility index (Phi) is 4.41. The Morgan fingerprint density at radius 1 is 1.35 bits per heavy atom. The van der Waals surface area contributed by atoms with Gasteiger partial charge in [-0.3, -0.25) is 9.59 Å². The molecule has 10 heteroatoms. The van der Waals surface area contributed by atoms with Crippen molar-refractivity contribution in [2.24, 2.45) is 0 Å². The number of ketones is 1. The zero-order valence-electron chi connectivity index (χ0n) is 11.7. The summed E-state index contributed by atoms with van der Waals surface area (Å²) in [6, 6.07) is -0.952. The minimum absolute atomic E-state index is 0.157. The summed E-state index contributed by atoms with van der Waals surface area (Å²) >= 11 is 4.62. The van der Waals surface area contributed by atoms with Crippen molar-refractivity contribution in [1.82, 2.24) is 5.32 Å². The van der Waals surface area contributed by atoms with Crippen LogP contribution in [0, 0.1) is 0 Å². The van der Waals surface area contributed by atoms with Gasteiger partial charge in [0, 0.05) is 25.1 Å². The summed E-state index contributed by atoms with van der Waals surface area (Å²) in [7, 11) is 0. The Labute approximate surface area is 141 Å². The molecule has 2 aliphatic rings. The van der Waals surface area contributed by atoms with Crippen LogP contribution in [0.3, 0.4) is 0 Å². The highest BCUT2D eigenvalue weighted by molar-refractivity contribution is 9.11. The molecule has 1 aromatic rings. The van der Waals surface area contributed by atoms with E-state index in [2.05, 4.69) is 15.9 Å². The van der Waals surface area contributed by atoms with Crippen molar-refractivity contribution in [3.8, 4) is 0 Å². The number of Topliss-reactive ketones (excluding diaryl/α,β-unsaturated/α-hetero) is 1. The fourth-order valence-electron chi connectivity index (χ4n) is 2.73. The van der Waals surface area contributed by atoms with Gasteiger partial charge in [0.15, 0.2) is 5.78 Å². The van der Waals surface area contributed by atoms with E-state index in [9.17, 15) is 22.8 Å². The highest BCUT2D eigenvalue weighted by Gasteiger charge is 2.44. The number of ether oxygens (including phenoxy) is 1. The maximum Gasteiger partial charge on any atom is 0.471 e. The highest BCUT2D eigenvalue weighted by Crippen LogP contribution is 2.48. The van der Waals surface area contributed by atoms with E-state index in [1.165, 1.54) is 11.3 Å². The molecule has 0 saturated carbocycles. The van der Waals surface area contributed by atoms with E-state index in [0.717, 1.165) is 5.00 Å². The van der Waals surface area contributed by atoms with Crippen LogP contribution in [-0.2, 0) is 9.53 Å². The van der Waals surface area contributed by atoms with Crippen LogP contribution in [0.5, 0.6) is 0 Å². The molecule has 0 radical (unpaired) electrons. The molecule has 23 heavy (non-hydrogen) atoms. The van der Waals surface area contributed by atoms with Crippen molar-refractivity contribution < 1.29 is 27.5 Å².